The molecule has 5 aromatic rings. The van der Waals surface area contributed by atoms with Crippen molar-refractivity contribution < 1.29 is 9.63 Å². The predicted molar refractivity (Wildman–Crippen MR) is 144 cm³/mol. The van der Waals surface area contributed by atoms with E-state index in [-0.39, 0.29) is 6.54 Å². The number of hydrazine groups is 1. The third-order valence-corrected chi connectivity index (χ3v) is 5.80. The van der Waals surface area contributed by atoms with Crippen molar-refractivity contribution in [3.63, 3.8) is 0 Å². The molecular weight excluding hydrogens is 436 g/mol. The van der Waals surface area contributed by atoms with Gasteiger partial charge in [-0.2, -0.15) is 0 Å². The summed E-state index contributed by atoms with van der Waals surface area (Å²) in [5, 5.41) is 9.24. The number of nitrogens with zero attached hydrogens (tertiary/aromatic N) is 1. The number of benzene rings is 5. The van der Waals surface area contributed by atoms with Gasteiger partial charge in [-0.25, -0.2) is 4.79 Å². The fourth-order valence-electron chi connectivity index (χ4n) is 4.11. The summed E-state index contributed by atoms with van der Waals surface area (Å²) >= 11 is 0. The summed E-state index contributed by atoms with van der Waals surface area (Å²) in [6.07, 6.45) is 0. The van der Waals surface area contributed by atoms with E-state index >= 15 is 0 Å². The van der Waals surface area contributed by atoms with Crippen molar-refractivity contribution in [1.29, 1.82) is 0 Å². The van der Waals surface area contributed by atoms with Crippen LogP contribution in [0, 0.1) is 6.92 Å². The molecule has 5 aromatic carbocycles. The van der Waals surface area contributed by atoms with Gasteiger partial charge in [0.05, 0.1) is 23.6 Å². The molecule has 0 aliphatic rings. The van der Waals surface area contributed by atoms with E-state index in [1.807, 2.05) is 85.8 Å². The van der Waals surface area contributed by atoms with Gasteiger partial charge in [-0.1, -0.05) is 78.9 Å². The number of aryl methyl sites for hydroxylation is 1. The molecule has 0 bridgehead atoms. The summed E-state index contributed by atoms with van der Waals surface area (Å²) in [5.74, 6) is -0.553. The quantitative estimate of drug-likeness (QED) is 0.247. The zero-order valence-corrected chi connectivity index (χ0v) is 19.4. The summed E-state index contributed by atoms with van der Waals surface area (Å²) in [6, 6.07) is 34.2. The maximum absolute atomic E-state index is 12.2. The van der Waals surface area contributed by atoms with Crippen LogP contribution in [-0.2, 0) is 9.63 Å². The van der Waals surface area contributed by atoms with E-state index in [1.54, 1.807) is 0 Å². The smallest absolute Gasteiger partial charge is 0.348 e. The molecule has 0 saturated carbocycles. The van der Waals surface area contributed by atoms with Crippen molar-refractivity contribution in [2.75, 3.05) is 22.5 Å². The van der Waals surface area contributed by atoms with Crippen molar-refractivity contribution in [2.24, 2.45) is 5.73 Å². The molecule has 0 aromatic heterocycles. The Balaban J connectivity index is 1.62. The lowest BCUT2D eigenvalue weighted by molar-refractivity contribution is -0.142. The Morgan fingerprint density at radius 3 is 2.26 bits per heavy atom. The number of carbonyl (C=O) groups excluding carboxylic acids is 1. The normalized spacial score (nSPS) is 10.8. The average Bonchev–Trinajstić information content (AvgIpc) is 2.89. The van der Waals surface area contributed by atoms with Crippen LogP contribution in [-0.4, -0.2) is 12.5 Å². The molecule has 6 nitrogen and oxygen atoms in total. The number of anilines is 4. The Kier molecular flexibility index (Phi) is 6.20. The number of carbonyl (C=O) groups is 1. The van der Waals surface area contributed by atoms with Crippen molar-refractivity contribution >= 4 is 50.3 Å². The highest BCUT2D eigenvalue weighted by Gasteiger charge is 2.17. The van der Waals surface area contributed by atoms with Gasteiger partial charge in [-0.05, 0) is 47.5 Å². The maximum Gasteiger partial charge on any atom is 0.348 e. The number of hydrogen-bond donors (Lipinski definition) is 3. The van der Waals surface area contributed by atoms with Gasteiger partial charge in [0, 0.05) is 16.5 Å². The Labute approximate surface area is 203 Å². The van der Waals surface area contributed by atoms with E-state index in [0.717, 1.165) is 44.2 Å². The van der Waals surface area contributed by atoms with Crippen LogP contribution in [0.2, 0.25) is 0 Å². The number of nitrogens with two attached hydrogens (primary N) is 1. The first kappa shape index (κ1) is 22.3. The largest absolute Gasteiger partial charge is 0.353 e. The summed E-state index contributed by atoms with van der Waals surface area (Å²) in [4.78, 5) is 17.8. The minimum absolute atomic E-state index is 0.235. The van der Waals surface area contributed by atoms with Crippen molar-refractivity contribution in [1.82, 2.24) is 0 Å². The molecule has 0 amide bonds. The van der Waals surface area contributed by atoms with Crippen molar-refractivity contribution in [3.8, 4) is 0 Å². The van der Waals surface area contributed by atoms with Gasteiger partial charge in [-0.3, -0.25) is 5.43 Å². The zero-order chi connectivity index (χ0) is 24.2. The molecule has 0 unspecified atom stereocenters. The van der Waals surface area contributed by atoms with E-state index < -0.39 is 5.97 Å². The number of nitrogens with one attached hydrogen (secondary N) is 2. The summed E-state index contributed by atoms with van der Waals surface area (Å²) < 4.78 is 0. The van der Waals surface area contributed by atoms with E-state index in [1.165, 1.54) is 5.17 Å². The second-order valence-electron chi connectivity index (χ2n) is 8.27. The van der Waals surface area contributed by atoms with Gasteiger partial charge in [-0.15, -0.1) is 5.17 Å². The lowest BCUT2D eigenvalue weighted by atomic mass is 10.1. The molecule has 174 valence electrons. The molecule has 6 heteroatoms. The maximum atomic E-state index is 12.2. The summed E-state index contributed by atoms with van der Waals surface area (Å²) in [5.41, 5.74) is 13.2. The molecule has 4 N–H and O–H groups in total. The first-order chi connectivity index (χ1) is 17.1. The fraction of sp³-hybridized carbons (Fsp3) is 0.0690. The van der Waals surface area contributed by atoms with Crippen molar-refractivity contribution in [2.45, 2.75) is 6.92 Å². The SMILES string of the molecule is Cc1cccc(N(Nc2c(Nc3cccc4ccccc34)ccc3ccccc23)OC(=O)CN)c1. The van der Waals surface area contributed by atoms with Gasteiger partial charge in [0.2, 0.25) is 0 Å². The number of rotatable bonds is 7. The fourth-order valence-corrected chi connectivity index (χ4v) is 4.11. The van der Waals surface area contributed by atoms with E-state index in [2.05, 4.69) is 35.0 Å². The van der Waals surface area contributed by atoms with Gasteiger partial charge in [0.15, 0.2) is 0 Å². The molecule has 5 rings (SSSR count). The zero-order valence-electron chi connectivity index (χ0n) is 19.4. The third-order valence-electron chi connectivity index (χ3n) is 5.80. The van der Waals surface area contributed by atoms with Crippen molar-refractivity contribution in [3.05, 3.63) is 109 Å². The predicted octanol–water partition coefficient (Wildman–Crippen LogP) is 6.30. The average molecular weight is 463 g/mol. The molecule has 0 heterocycles. The van der Waals surface area contributed by atoms with Gasteiger partial charge < -0.3 is 15.9 Å². The summed E-state index contributed by atoms with van der Waals surface area (Å²) in [7, 11) is 0. The Bertz CT molecular complexity index is 1510. The second kappa shape index (κ2) is 9.75. The first-order valence-electron chi connectivity index (χ1n) is 11.4. The highest BCUT2D eigenvalue weighted by molar-refractivity contribution is 6.03. The van der Waals surface area contributed by atoms with Gasteiger partial charge in [0.1, 0.15) is 0 Å². The van der Waals surface area contributed by atoms with E-state index in [4.69, 9.17) is 10.6 Å². The third kappa shape index (κ3) is 4.74. The molecule has 0 atom stereocenters. The molecular formula is C29H26N4O2. The standard InChI is InChI=1S/C29H26N4O2/c1-20-8-6-12-23(18-20)33(35-28(34)19-30)32-29-25-14-5-3-10-22(25)16-17-27(29)31-26-15-7-11-21-9-2-4-13-24(21)26/h2-18,31-32H,19,30H2,1H3. The van der Waals surface area contributed by atoms with Crippen LogP contribution < -0.4 is 21.6 Å². The molecule has 0 aliphatic heterocycles. The van der Waals surface area contributed by atoms with Crippen LogP contribution in [0.5, 0.6) is 0 Å². The number of hydrogen-bond acceptors (Lipinski definition) is 6. The Morgan fingerprint density at radius 1 is 0.800 bits per heavy atom. The van der Waals surface area contributed by atoms with Crippen LogP contribution in [0.25, 0.3) is 21.5 Å². The Morgan fingerprint density at radius 2 is 1.49 bits per heavy atom. The van der Waals surface area contributed by atoms with Gasteiger partial charge in [0.25, 0.3) is 0 Å². The minimum atomic E-state index is -0.553. The minimum Gasteiger partial charge on any atom is -0.353 e. The van der Waals surface area contributed by atoms with Gasteiger partial charge >= 0.3 is 5.97 Å². The second-order valence-corrected chi connectivity index (χ2v) is 8.27. The monoisotopic (exact) mass is 462 g/mol. The van der Waals surface area contributed by atoms with Crippen LogP contribution in [0.3, 0.4) is 0 Å². The highest BCUT2D eigenvalue weighted by atomic mass is 16.7. The lowest BCUT2D eigenvalue weighted by Crippen LogP contribution is -2.35. The van der Waals surface area contributed by atoms with Crippen LogP contribution in [0.4, 0.5) is 22.7 Å². The highest BCUT2D eigenvalue weighted by Crippen LogP contribution is 2.36. The van der Waals surface area contributed by atoms with E-state index in [9.17, 15) is 4.79 Å². The molecule has 0 saturated heterocycles. The molecule has 0 aliphatic carbocycles. The first-order valence-corrected chi connectivity index (χ1v) is 11.4. The number of fused-ring (bicyclic) bond motifs is 2. The van der Waals surface area contributed by atoms with Crippen LogP contribution in [0.15, 0.2) is 103 Å². The topological polar surface area (TPSA) is 79.6 Å². The molecule has 0 radical (unpaired) electrons. The van der Waals surface area contributed by atoms with E-state index in [0.29, 0.717) is 5.69 Å². The summed E-state index contributed by atoms with van der Waals surface area (Å²) in [6.45, 7) is 1.75. The lowest BCUT2D eigenvalue weighted by Gasteiger charge is -2.27. The molecule has 0 spiro atoms. The van der Waals surface area contributed by atoms with Crippen LogP contribution in [0.1, 0.15) is 5.56 Å². The molecule has 0 fully saturated rings. The Hall–Kier alpha value is -4.55. The molecule has 35 heavy (non-hydrogen) atoms. The van der Waals surface area contributed by atoms with Crippen LogP contribution >= 0.6 is 0 Å².